The Balaban J connectivity index is 4.02. The van der Waals surface area contributed by atoms with E-state index in [-0.39, 0.29) is 13.0 Å². The highest BCUT2D eigenvalue weighted by Gasteiger charge is 2.18. The predicted molar refractivity (Wildman–Crippen MR) is 52.2 cm³/mol. The summed E-state index contributed by atoms with van der Waals surface area (Å²) < 4.78 is 14.5. The topological polar surface area (TPSA) is 73.9 Å². The van der Waals surface area contributed by atoms with Gasteiger partial charge in [0.15, 0.2) is 0 Å². The monoisotopic (exact) mass is 219 g/mol. The van der Waals surface area contributed by atoms with Crippen LogP contribution in [0.15, 0.2) is 0 Å². The van der Waals surface area contributed by atoms with Crippen molar-refractivity contribution in [2.24, 2.45) is 0 Å². The predicted octanol–water partition coefficient (Wildman–Crippen LogP) is 0.658. The van der Waals surface area contributed by atoms with Crippen molar-refractivity contribution < 1.29 is 23.8 Å². The third kappa shape index (κ3) is 6.73. The van der Waals surface area contributed by atoms with E-state index in [0.717, 1.165) is 0 Å². The van der Waals surface area contributed by atoms with E-state index in [2.05, 4.69) is 5.32 Å². The summed E-state index contributed by atoms with van der Waals surface area (Å²) >= 11 is 0. The highest BCUT2D eigenvalue weighted by molar-refractivity contribution is 5.71. The number of hydrogen-bond donors (Lipinski definition) is 1. The number of rotatable bonds is 6. The van der Waals surface area contributed by atoms with Gasteiger partial charge in [0.25, 0.3) is 0 Å². The van der Waals surface area contributed by atoms with Crippen molar-refractivity contribution in [1.82, 2.24) is 5.32 Å². The van der Waals surface area contributed by atoms with Crippen molar-refractivity contribution in [1.29, 1.82) is 0 Å². The quantitative estimate of drug-likeness (QED) is 0.524. The van der Waals surface area contributed by atoms with E-state index < -0.39 is 18.4 Å². The lowest BCUT2D eigenvalue weighted by Crippen LogP contribution is -2.30. The van der Waals surface area contributed by atoms with Crippen LogP contribution in [0.3, 0.4) is 0 Å². The van der Waals surface area contributed by atoms with Gasteiger partial charge in [-0.25, -0.2) is 4.79 Å². The maximum Gasteiger partial charge on any atom is 0.409 e. The number of alkyl carbamates (subject to hydrolysis) is 1. The van der Waals surface area contributed by atoms with Crippen molar-refractivity contribution in [3.05, 3.63) is 0 Å². The summed E-state index contributed by atoms with van der Waals surface area (Å²) in [5.41, 5.74) is 0. The Kier molecular flexibility index (Phi) is 7.35. The maximum absolute atomic E-state index is 11.1. The molecule has 0 aliphatic carbocycles. The van der Waals surface area contributed by atoms with E-state index in [1.54, 1.807) is 13.8 Å². The Bertz CT molecular complexity index is 207. The molecule has 1 unspecified atom stereocenters. The van der Waals surface area contributed by atoms with Crippen LogP contribution in [-0.4, -0.2) is 38.6 Å². The second kappa shape index (κ2) is 8.05. The number of carbonyl (C=O) groups excluding carboxylic acids is 2. The second-order valence-electron chi connectivity index (χ2n) is 2.55. The normalized spacial score (nSPS) is 11.7. The third-order valence-electron chi connectivity index (χ3n) is 1.43. The SMILES string of the molecule is CCOC(=O)CC(OCC)OC(=O)NC. The Hall–Kier alpha value is -1.30. The van der Waals surface area contributed by atoms with Crippen molar-refractivity contribution in [3.8, 4) is 0 Å². The minimum Gasteiger partial charge on any atom is -0.466 e. The minimum atomic E-state index is -0.894. The number of nitrogens with one attached hydrogen (secondary N) is 1. The van der Waals surface area contributed by atoms with Gasteiger partial charge in [-0.05, 0) is 13.8 Å². The minimum absolute atomic E-state index is 0.102. The molecule has 1 amide bonds. The first kappa shape index (κ1) is 13.7. The smallest absolute Gasteiger partial charge is 0.409 e. The van der Waals surface area contributed by atoms with Crippen LogP contribution in [0.5, 0.6) is 0 Å². The van der Waals surface area contributed by atoms with Gasteiger partial charge in [-0.1, -0.05) is 0 Å². The standard InChI is InChI=1S/C9H17NO5/c1-4-13-7(11)6-8(14-5-2)15-9(12)10-3/h8H,4-6H2,1-3H3,(H,10,12). The molecule has 0 bridgehead atoms. The molecule has 0 spiro atoms. The number of carbonyl (C=O) groups is 2. The largest absolute Gasteiger partial charge is 0.466 e. The first-order valence-electron chi connectivity index (χ1n) is 4.79. The zero-order chi connectivity index (χ0) is 11.7. The van der Waals surface area contributed by atoms with Gasteiger partial charge in [-0.3, -0.25) is 4.79 Å². The molecule has 0 fully saturated rings. The first-order chi connectivity index (χ1) is 7.13. The summed E-state index contributed by atoms with van der Waals surface area (Å²) in [6, 6.07) is 0. The van der Waals surface area contributed by atoms with E-state index >= 15 is 0 Å². The fourth-order valence-electron chi connectivity index (χ4n) is 0.855. The second-order valence-corrected chi connectivity index (χ2v) is 2.55. The molecule has 15 heavy (non-hydrogen) atoms. The summed E-state index contributed by atoms with van der Waals surface area (Å²) in [5, 5.41) is 2.27. The molecule has 1 atom stereocenters. The molecular weight excluding hydrogens is 202 g/mol. The third-order valence-corrected chi connectivity index (χ3v) is 1.43. The van der Waals surface area contributed by atoms with Crippen LogP contribution in [0, 0.1) is 0 Å². The number of ether oxygens (including phenoxy) is 3. The molecule has 0 aromatic heterocycles. The van der Waals surface area contributed by atoms with Crippen LogP contribution < -0.4 is 5.32 Å². The molecule has 0 aromatic carbocycles. The molecule has 0 aliphatic heterocycles. The van der Waals surface area contributed by atoms with Crippen LogP contribution in [0.1, 0.15) is 20.3 Å². The molecule has 6 heteroatoms. The fourth-order valence-corrected chi connectivity index (χ4v) is 0.855. The van der Waals surface area contributed by atoms with Gasteiger partial charge < -0.3 is 19.5 Å². The van der Waals surface area contributed by atoms with Gasteiger partial charge in [0.1, 0.15) is 6.42 Å². The molecular formula is C9H17NO5. The highest BCUT2D eigenvalue weighted by atomic mass is 16.7. The lowest BCUT2D eigenvalue weighted by atomic mass is 10.4. The summed E-state index contributed by atoms with van der Waals surface area (Å²) in [6.07, 6.45) is -1.64. The molecule has 88 valence electrons. The highest BCUT2D eigenvalue weighted by Crippen LogP contribution is 2.03. The molecule has 0 saturated carbocycles. The zero-order valence-corrected chi connectivity index (χ0v) is 9.24. The van der Waals surface area contributed by atoms with Crippen LogP contribution in [0.2, 0.25) is 0 Å². The van der Waals surface area contributed by atoms with E-state index in [4.69, 9.17) is 14.2 Å². The maximum atomic E-state index is 11.1. The number of esters is 1. The molecule has 0 aromatic rings. The summed E-state index contributed by atoms with van der Waals surface area (Å²) in [5.74, 6) is -0.458. The average molecular weight is 219 g/mol. The average Bonchev–Trinajstić information content (AvgIpc) is 2.18. The molecule has 0 saturated heterocycles. The number of amides is 1. The Labute approximate surface area is 88.9 Å². The first-order valence-corrected chi connectivity index (χ1v) is 4.79. The van der Waals surface area contributed by atoms with Crippen molar-refractivity contribution >= 4 is 12.1 Å². The van der Waals surface area contributed by atoms with Gasteiger partial charge in [0.05, 0.1) is 6.61 Å². The lowest BCUT2D eigenvalue weighted by Gasteiger charge is -2.16. The van der Waals surface area contributed by atoms with E-state index in [1.165, 1.54) is 7.05 Å². The summed E-state index contributed by atoms with van der Waals surface area (Å²) in [4.78, 5) is 22.0. The van der Waals surface area contributed by atoms with E-state index in [0.29, 0.717) is 6.61 Å². The molecule has 1 N–H and O–H groups in total. The lowest BCUT2D eigenvalue weighted by molar-refractivity contribution is -0.157. The Morgan fingerprint density at radius 1 is 1.27 bits per heavy atom. The van der Waals surface area contributed by atoms with Gasteiger partial charge >= 0.3 is 12.1 Å². The fraction of sp³-hybridized carbons (Fsp3) is 0.778. The zero-order valence-electron chi connectivity index (χ0n) is 9.24. The van der Waals surface area contributed by atoms with E-state index in [1.807, 2.05) is 0 Å². The molecule has 6 nitrogen and oxygen atoms in total. The van der Waals surface area contributed by atoms with Gasteiger partial charge in [-0.2, -0.15) is 0 Å². The summed E-state index contributed by atoms with van der Waals surface area (Å²) in [7, 11) is 1.43. The molecule has 0 radical (unpaired) electrons. The van der Waals surface area contributed by atoms with Crippen molar-refractivity contribution in [2.45, 2.75) is 26.6 Å². The molecule has 0 heterocycles. The van der Waals surface area contributed by atoms with Crippen LogP contribution in [0.25, 0.3) is 0 Å². The molecule has 0 rings (SSSR count). The number of hydrogen-bond acceptors (Lipinski definition) is 5. The van der Waals surface area contributed by atoms with E-state index in [9.17, 15) is 9.59 Å². The molecule has 0 aliphatic rings. The van der Waals surface area contributed by atoms with Gasteiger partial charge in [0.2, 0.25) is 6.29 Å². The Morgan fingerprint density at radius 3 is 2.40 bits per heavy atom. The van der Waals surface area contributed by atoms with Crippen LogP contribution in [0.4, 0.5) is 4.79 Å². The van der Waals surface area contributed by atoms with Gasteiger partial charge in [-0.15, -0.1) is 0 Å². The van der Waals surface area contributed by atoms with Crippen LogP contribution >= 0.6 is 0 Å². The van der Waals surface area contributed by atoms with Crippen molar-refractivity contribution in [3.63, 3.8) is 0 Å². The van der Waals surface area contributed by atoms with Crippen LogP contribution in [-0.2, 0) is 19.0 Å². The van der Waals surface area contributed by atoms with Crippen molar-refractivity contribution in [2.75, 3.05) is 20.3 Å². The summed E-state index contributed by atoms with van der Waals surface area (Å²) in [6.45, 7) is 4.08. The van der Waals surface area contributed by atoms with Gasteiger partial charge in [0, 0.05) is 13.7 Å². The Morgan fingerprint density at radius 2 is 1.93 bits per heavy atom.